The van der Waals surface area contributed by atoms with Crippen LogP contribution in [0, 0.1) is 12.3 Å². The minimum Gasteiger partial charge on any atom is -0.385 e. The van der Waals surface area contributed by atoms with E-state index in [4.69, 9.17) is 12.2 Å². The third-order valence-corrected chi connectivity index (χ3v) is 3.18. The van der Waals surface area contributed by atoms with Crippen LogP contribution >= 0.6 is 11.3 Å². The second kappa shape index (κ2) is 3.94. The molecule has 82 valence electrons. The fraction of sp³-hybridized carbons (Fsp3) is 0.300. The zero-order valence-corrected chi connectivity index (χ0v) is 9.44. The van der Waals surface area contributed by atoms with E-state index in [1.54, 1.807) is 13.1 Å². The second-order valence-electron chi connectivity index (χ2n) is 3.34. The molecule has 1 aromatic rings. The summed E-state index contributed by atoms with van der Waals surface area (Å²) in [7, 11) is 0. The monoisotopic (exact) mass is 234 g/mol. The molecule has 1 aromatic heterocycles. The van der Waals surface area contributed by atoms with E-state index in [0.717, 1.165) is 5.01 Å². The summed E-state index contributed by atoms with van der Waals surface area (Å²) in [6.07, 6.45) is 6.98. The molecule has 0 saturated carbocycles. The highest BCUT2D eigenvalue weighted by Crippen LogP contribution is 2.29. The fourth-order valence-electron chi connectivity index (χ4n) is 1.57. The Morgan fingerprint density at radius 2 is 2.50 bits per heavy atom. The number of amidine groups is 1. The van der Waals surface area contributed by atoms with Crippen molar-refractivity contribution >= 4 is 23.2 Å². The normalized spacial score (nSPS) is 21.8. The quantitative estimate of drug-likeness (QED) is 0.776. The zero-order chi connectivity index (χ0) is 11.7. The lowest BCUT2D eigenvalue weighted by molar-refractivity contribution is 0.199. The summed E-state index contributed by atoms with van der Waals surface area (Å²) in [6.45, 7) is 1.76. The highest BCUT2D eigenvalue weighted by atomic mass is 32.1. The highest BCUT2D eigenvalue weighted by molar-refractivity contribution is 7.09. The number of hydrogen-bond acceptors (Lipinski definition) is 4. The van der Waals surface area contributed by atoms with Crippen LogP contribution in [0.1, 0.15) is 18.0 Å². The molecule has 1 aliphatic heterocycles. The number of nitrogens with two attached hydrogens (primary N) is 1. The van der Waals surface area contributed by atoms with E-state index in [1.807, 2.05) is 5.38 Å². The molecule has 6 heteroatoms. The zero-order valence-electron chi connectivity index (χ0n) is 8.62. The molecule has 2 heterocycles. The molecule has 2 rings (SSSR count). The maximum absolute atomic E-state index is 11.6. The van der Waals surface area contributed by atoms with Gasteiger partial charge in [0.2, 0.25) is 0 Å². The maximum atomic E-state index is 11.6. The van der Waals surface area contributed by atoms with E-state index in [9.17, 15) is 4.79 Å². The number of carbonyl (C=O) groups excluding carboxylic acids is 1. The average Bonchev–Trinajstić information content (AvgIpc) is 2.84. The molecule has 0 saturated heterocycles. The number of urea groups is 1. The van der Waals surface area contributed by atoms with E-state index in [0.29, 0.717) is 0 Å². The van der Waals surface area contributed by atoms with E-state index in [1.165, 1.54) is 16.2 Å². The van der Waals surface area contributed by atoms with Crippen LogP contribution in [0.2, 0.25) is 0 Å². The van der Waals surface area contributed by atoms with Gasteiger partial charge in [0.05, 0.1) is 6.04 Å². The molecule has 2 amide bonds. The summed E-state index contributed by atoms with van der Waals surface area (Å²) in [5, 5.41) is 2.55. The molecular formula is C10H10N4OS. The Morgan fingerprint density at radius 1 is 1.75 bits per heavy atom. The summed E-state index contributed by atoms with van der Waals surface area (Å²) < 4.78 is 0. The Morgan fingerprint density at radius 3 is 3.06 bits per heavy atom. The maximum Gasteiger partial charge on any atom is 0.347 e. The van der Waals surface area contributed by atoms with Gasteiger partial charge in [-0.2, -0.15) is 4.99 Å². The molecule has 0 spiro atoms. The molecule has 5 nitrogen and oxygen atoms in total. The van der Waals surface area contributed by atoms with Crippen LogP contribution in [0.5, 0.6) is 0 Å². The molecule has 1 aliphatic rings. The average molecular weight is 234 g/mol. The third-order valence-electron chi connectivity index (χ3n) is 2.35. The largest absolute Gasteiger partial charge is 0.385 e. The van der Waals surface area contributed by atoms with Gasteiger partial charge in [-0.3, -0.25) is 4.90 Å². The van der Waals surface area contributed by atoms with Crippen molar-refractivity contribution in [3.8, 4) is 12.3 Å². The van der Waals surface area contributed by atoms with E-state index >= 15 is 0 Å². The molecular weight excluding hydrogens is 224 g/mol. The molecule has 2 atom stereocenters. The Labute approximate surface area is 97.0 Å². The number of aromatic nitrogens is 1. The number of amides is 2. The van der Waals surface area contributed by atoms with Crippen molar-refractivity contribution in [2.24, 2.45) is 10.7 Å². The lowest BCUT2D eigenvalue weighted by atomic mass is 10.2. The molecule has 2 unspecified atom stereocenters. The second-order valence-corrected chi connectivity index (χ2v) is 4.27. The van der Waals surface area contributed by atoms with Gasteiger partial charge in [-0.05, 0) is 6.92 Å². The first kappa shape index (κ1) is 10.6. The van der Waals surface area contributed by atoms with Crippen molar-refractivity contribution in [2.75, 3.05) is 0 Å². The molecule has 2 N–H and O–H groups in total. The lowest BCUT2D eigenvalue weighted by Gasteiger charge is -2.25. The van der Waals surface area contributed by atoms with Gasteiger partial charge in [-0.15, -0.1) is 17.8 Å². The summed E-state index contributed by atoms with van der Waals surface area (Å²) in [4.78, 5) is 21.0. The Kier molecular flexibility index (Phi) is 2.62. The third kappa shape index (κ3) is 1.55. The van der Waals surface area contributed by atoms with Crippen molar-refractivity contribution in [1.29, 1.82) is 0 Å². The summed E-state index contributed by atoms with van der Waals surface area (Å²) >= 11 is 1.42. The van der Waals surface area contributed by atoms with Crippen molar-refractivity contribution in [3.63, 3.8) is 0 Å². The number of carbonyl (C=O) groups is 1. The van der Waals surface area contributed by atoms with Gasteiger partial charge >= 0.3 is 6.03 Å². The van der Waals surface area contributed by atoms with E-state index in [-0.39, 0.29) is 11.9 Å². The minimum absolute atomic E-state index is 0.252. The van der Waals surface area contributed by atoms with Gasteiger partial charge < -0.3 is 5.73 Å². The number of rotatable bonds is 2. The molecule has 0 radical (unpaired) electrons. The SMILES string of the molecule is C#CC(C)N1C(=O)N=C(N)C1c1nccs1. The number of thiazole rings is 1. The molecule has 16 heavy (non-hydrogen) atoms. The van der Waals surface area contributed by atoms with Crippen LogP contribution in [0.3, 0.4) is 0 Å². The molecule has 0 fully saturated rings. The number of terminal acetylenes is 1. The van der Waals surface area contributed by atoms with Crippen LogP contribution in [-0.2, 0) is 0 Å². The first-order valence-electron chi connectivity index (χ1n) is 4.67. The predicted octanol–water partition coefficient (Wildman–Crippen LogP) is 0.999. The number of nitrogens with zero attached hydrogens (tertiary/aromatic N) is 3. The first-order valence-corrected chi connectivity index (χ1v) is 5.55. The number of hydrogen-bond donors (Lipinski definition) is 1. The van der Waals surface area contributed by atoms with Gasteiger partial charge in [0.25, 0.3) is 0 Å². The van der Waals surface area contributed by atoms with Crippen molar-refractivity contribution < 1.29 is 4.79 Å². The summed E-state index contributed by atoms with van der Waals surface area (Å²) in [5.74, 6) is 2.75. The molecule has 0 aliphatic carbocycles. The predicted molar refractivity (Wildman–Crippen MR) is 62.0 cm³/mol. The highest BCUT2D eigenvalue weighted by Gasteiger charge is 2.38. The Hall–Kier alpha value is -1.87. The van der Waals surface area contributed by atoms with Crippen LogP contribution in [-0.4, -0.2) is 27.8 Å². The van der Waals surface area contributed by atoms with Crippen LogP contribution in [0.4, 0.5) is 4.79 Å². The van der Waals surface area contributed by atoms with Crippen LogP contribution in [0.25, 0.3) is 0 Å². The number of aliphatic imine (C=N–C) groups is 1. The van der Waals surface area contributed by atoms with Crippen molar-refractivity contribution in [1.82, 2.24) is 9.88 Å². The van der Waals surface area contributed by atoms with E-state index in [2.05, 4.69) is 15.9 Å². The standard InChI is InChI=1S/C10H10N4OS/c1-3-6(2)14-7(8(11)13-10(14)15)9-12-4-5-16-9/h1,4-7H,2H3,(H2,11,13,15). The summed E-state index contributed by atoms with van der Waals surface area (Å²) in [5.41, 5.74) is 5.73. The lowest BCUT2D eigenvalue weighted by Crippen LogP contribution is -2.38. The van der Waals surface area contributed by atoms with Crippen molar-refractivity contribution in [3.05, 3.63) is 16.6 Å². The van der Waals surface area contributed by atoms with E-state index < -0.39 is 12.1 Å². The van der Waals surface area contributed by atoms with Crippen molar-refractivity contribution in [2.45, 2.75) is 19.0 Å². The van der Waals surface area contributed by atoms with Gasteiger partial charge in [-0.25, -0.2) is 9.78 Å². The van der Waals surface area contributed by atoms with Crippen LogP contribution in [0.15, 0.2) is 16.6 Å². The topological polar surface area (TPSA) is 71.6 Å². The molecule has 0 bridgehead atoms. The van der Waals surface area contributed by atoms with Gasteiger partial charge in [0, 0.05) is 11.6 Å². The van der Waals surface area contributed by atoms with Gasteiger partial charge in [-0.1, -0.05) is 5.92 Å². The minimum atomic E-state index is -0.418. The smallest absolute Gasteiger partial charge is 0.347 e. The van der Waals surface area contributed by atoms with Gasteiger partial charge in [0.15, 0.2) is 0 Å². The fourth-order valence-corrected chi connectivity index (χ4v) is 2.31. The van der Waals surface area contributed by atoms with Crippen LogP contribution < -0.4 is 5.73 Å². The first-order chi connectivity index (χ1) is 7.65. The Bertz CT molecular complexity index is 474. The van der Waals surface area contributed by atoms with Gasteiger partial charge in [0.1, 0.15) is 16.9 Å². The Balaban J connectivity index is 2.38. The summed E-state index contributed by atoms with van der Waals surface area (Å²) in [6, 6.07) is -1.17. The molecule has 0 aromatic carbocycles.